The molecule has 1 aliphatic rings. The zero-order valence-corrected chi connectivity index (χ0v) is 12.7. The van der Waals surface area contributed by atoms with Gasteiger partial charge in [0, 0.05) is 19.3 Å². The minimum absolute atomic E-state index is 0.0265. The minimum Gasteiger partial charge on any atom is -0.487 e. The molecule has 1 aromatic heterocycles. The van der Waals surface area contributed by atoms with Crippen LogP contribution in [0.1, 0.15) is 39.8 Å². The smallest absolute Gasteiger partial charge is 0.217 e. The van der Waals surface area contributed by atoms with Crippen LogP contribution in [0.5, 0.6) is 5.75 Å². The monoisotopic (exact) mass is 280 g/mol. The number of aliphatic hydroxyl groups is 1. The van der Waals surface area contributed by atoms with E-state index in [0.717, 1.165) is 17.9 Å². The molecule has 0 bridgehead atoms. The Morgan fingerprint density at radius 2 is 2.30 bits per heavy atom. The Kier molecular flexibility index (Phi) is 4.62. The van der Waals surface area contributed by atoms with Crippen LogP contribution in [0.3, 0.4) is 0 Å². The van der Waals surface area contributed by atoms with Gasteiger partial charge in [0.25, 0.3) is 0 Å². The highest BCUT2D eigenvalue weighted by Crippen LogP contribution is 2.25. The maximum atomic E-state index is 10.3. The van der Waals surface area contributed by atoms with Crippen molar-refractivity contribution in [3.8, 4) is 5.75 Å². The van der Waals surface area contributed by atoms with Crippen molar-refractivity contribution < 1.29 is 14.6 Å². The number of nitrogens with zero attached hydrogens (tertiary/aromatic N) is 2. The van der Waals surface area contributed by atoms with Gasteiger partial charge >= 0.3 is 0 Å². The van der Waals surface area contributed by atoms with Crippen molar-refractivity contribution in [2.75, 3.05) is 6.54 Å². The van der Waals surface area contributed by atoms with Crippen LogP contribution in [0.2, 0.25) is 0 Å². The average Bonchev–Trinajstić information content (AvgIpc) is 2.55. The molecule has 20 heavy (non-hydrogen) atoms. The van der Waals surface area contributed by atoms with Crippen molar-refractivity contribution in [3.05, 3.63) is 24.0 Å². The molecule has 0 saturated heterocycles. The van der Waals surface area contributed by atoms with Crippen molar-refractivity contribution in [1.29, 1.82) is 0 Å². The number of aliphatic hydroxyl groups excluding tert-OH is 1. The molecule has 0 amide bonds. The van der Waals surface area contributed by atoms with Gasteiger partial charge in [0.15, 0.2) is 0 Å². The van der Waals surface area contributed by atoms with Gasteiger partial charge in [-0.05, 0) is 39.3 Å². The molecular formula is C15H24N2O3. The van der Waals surface area contributed by atoms with Crippen LogP contribution in [0, 0.1) is 0 Å². The summed E-state index contributed by atoms with van der Waals surface area (Å²) >= 11 is 0. The molecule has 1 N–H and O–H groups in total. The van der Waals surface area contributed by atoms with Crippen LogP contribution < -0.4 is 4.74 Å². The van der Waals surface area contributed by atoms with E-state index in [1.54, 1.807) is 6.20 Å². The maximum absolute atomic E-state index is 10.3. The average molecular weight is 280 g/mol. The molecular weight excluding hydrogens is 256 g/mol. The van der Waals surface area contributed by atoms with Crippen molar-refractivity contribution in [1.82, 2.24) is 9.88 Å². The molecule has 0 radical (unpaired) electrons. The molecule has 0 spiro atoms. The van der Waals surface area contributed by atoms with Crippen molar-refractivity contribution in [2.45, 2.75) is 58.8 Å². The maximum Gasteiger partial charge on any atom is 0.217 e. The second-order valence-electron chi connectivity index (χ2n) is 6.08. The van der Waals surface area contributed by atoms with Gasteiger partial charge in [-0.3, -0.25) is 4.98 Å². The molecule has 2 atom stereocenters. The quantitative estimate of drug-likeness (QED) is 0.860. The second kappa shape index (κ2) is 6.08. The molecule has 2 heterocycles. The zero-order valence-electron chi connectivity index (χ0n) is 12.7. The highest BCUT2D eigenvalue weighted by molar-refractivity contribution is 5.28. The van der Waals surface area contributed by atoms with Crippen LogP contribution in [-0.2, 0) is 11.3 Å². The third kappa shape index (κ3) is 3.91. The van der Waals surface area contributed by atoms with Crippen LogP contribution in [-0.4, -0.2) is 39.7 Å². The van der Waals surface area contributed by atoms with E-state index in [1.165, 1.54) is 0 Å². The minimum atomic E-state index is -0.958. The number of fused-ring (bicyclic) bond motifs is 1. The summed E-state index contributed by atoms with van der Waals surface area (Å²) in [5, 5.41) is 10.3. The normalized spacial score (nSPS) is 21.8. The Balaban J connectivity index is 2.18. The lowest BCUT2D eigenvalue weighted by atomic mass is 10.2. The Hall–Kier alpha value is -1.17. The van der Waals surface area contributed by atoms with Crippen LogP contribution >= 0.6 is 0 Å². The largest absolute Gasteiger partial charge is 0.487 e. The predicted octanol–water partition coefficient (Wildman–Crippen LogP) is 2.15. The summed E-state index contributed by atoms with van der Waals surface area (Å²) in [6.45, 7) is 8.98. The molecule has 5 nitrogen and oxygen atoms in total. The molecule has 112 valence electrons. The molecule has 0 aliphatic carbocycles. The first kappa shape index (κ1) is 15.2. The van der Waals surface area contributed by atoms with E-state index in [9.17, 15) is 5.11 Å². The summed E-state index contributed by atoms with van der Waals surface area (Å²) in [6, 6.07) is 3.79. The first-order valence-electron chi connectivity index (χ1n) is 7.09. The molecule has 0 saturated carbocycles. The Morgan fingerprint density at radius 1 is 1.55 bits per heavy atom. The van der Waals surface area contributed by atoms with Crippen LogP contribution in [0.25, 0.3) is 0 Å². The second-order valence-corrected chi connectivity index (χ2v) is 6.08. The summed E-state index contributed by atoms with van der Waals surface area (Å²) in [6.07, 6.45) is 1.68. The lowest BCUT2D eigenvalue weighted by Crippen LogP contribution is -2.44. The summed E-state index contributed by atoms with van der Waals surface area (Å²) in [4.78, 5) is 6.20. The van der Waals surface area contributed by atoms with Crippen molar-refractivity contribution >= 4 is 0 Å². The van der Waals surface area contributed by atoms with Crippen LogP contribution in [0.4, 0.5) is 0 Å². The Labute approximate surface area is 120 Å². The number of rotatable bonds is 3. The van der Waals surface area contributed by atoms with Crippen molar-refractivity contribution in [2.24, 2.45) is 0 Å². The van der Waals surface area contributed by atoms with Gasteiger partial charge < -0.3 is 14.6 Å². The van der Waals surface area contributed by atoms with Gasteiger partial charge in [-0.1, -0.05) is 6.92 Å². The molecule has 0 fully saturated rings. The Bertz CT molecular complexity index is 445. The lowest BCUT2D eigenvalue weighted by Gasteiger charge is -2.32. The first-order chi connectivity index (χ1) is 9.39. The van der Waals surface area contributed by atoms with Gasteiger partial charge in [-0.2, -0.15) is 0 Å². The van der Waals surface area contributed by atoms with E-state index in [-0.39, 0.29) is 6.10 Å². The first-order valence-corrected chi connectivity index (χ1v) is 7.09. The van der Waals surface area contributed by atoms with Gasteiger partial charge in [0.05, 0.1) is 11.3 Å². The van der Waals surface area contributed by atoms with E-state index in [1.807, 2.05) is 37.8 Å². The molecule has 1 unspecified atom stereocenters. The Morgan fingerprint density at radius 3 is 2.95 bits per heavy atom. The third-order valence-corrected chi connectivity index (χ3v) is 3.16. The fraction of sp³-hybridized carbons (Fsp3) is 0.667. The summed E-state index contributed by atoms with van der Waals surface area (Å²) in [5.41, 5.74) is 0.432. The predicted molar refractivity (Wildman–Crippen MR) is 76.2 cm³/mol. The highest BCUT2D eigenvalue weighted by Gasteiger charge is 2.29. The van der Waals surface area contributed by atoms with Crippen molar-refractivity contribution in [3.63, 3.8) is 0 Å². The van der Waals surface area contributed by atoms with Gasteiger partial charge in [-0.25, -0.2) is 4.90 Å². The van der Waals surface area contributed by atoms with E-state index >= 15 is 0 Å². The lowest BCUT2D eigenvalue weighted by molar-refractivity contribution is -0.244. The van der Waals surface area contributed by atoms with Gasteiger partial charge in [0.2, 0.25) is 6.41 Å². The number of ether oxygens (including phenoxy) is 2. The third-order valence-electron chi connectivity index (χ3n) is 3.16. The fourth-order valence-electron chi connectivity index (χ4n) is 2.16. The molecule has 0 aromatic carbocycles. The van der Waals surface area contributed by atoms with E-state index < -0.39 is 12.0 Å². The van der Waals surface area contributed by atoms with E-state index in [4.69, 9.17) is 9.47 Å². The number of hydrogen-bond acceptors (Lipinski definition) is 5. The molecule has 1 aromatic rings. The molecule has 2 rings (SSSR count). The number of hydrogen-bond donors (Lipinski definition) is 1. The standard InChI is InChI=1S/C15H24N2O3/c1-5-11-9-17(14(18)20-15(2,3)4)10-12-13(19-11)7-6-8-16-12/h6-8,11,14,18H,5,9-10H2,1-4H3/t11-,14?/m1/s1. The summed E-state index contributed by atoms with van der Waals surface area (Å²) in [5.74, 6) is 0.796. The van der Waals surface area contributed by atoms with E-state index in [0.29, 0.717) is 13.1 Å². The molecule has 5 heteroatoms. The summed E-state index contributed by atoms with van der Waals surface area (Å²) < 4.78 is 11.6. The van der Waals surface area contributed by atoms with E-state index in [2.05, 4.69) is 11.9 Å². The van der Waals surface area contributed by atoms with Gasteiger partial charge in [-0.15, -0.1) is 0 Å². The topological polar surface area (TPSA) is 54.8 Å². The van der Waals surface area contributed by atoms with Gasteiger partial charge in [0.1, 0.15) is 11.9 Å². The highest BCUT2D eigenvalue weighted by atomic mass is 16.6. The summed E-state index contributed by atoms with van der Waals surface area (Å²) in [7, 11) is 0. The number of aromatic nitrogens is 1. The number of pyridine rings is 1. The fourth-order valence-corrected chi connectivity index (χ4v) is 2.16. The molecule has 1 aliphatic heterocycles. The zero-order chi connectivity index (χ0) is 14.8. The SMILES string of the molecule is CC[C@@H]1CN(C(O)OC(C)(C)C)Cc2ncccc2O1. The van der Waals surface area contributed by atoms with Crippen LogP contribution in [0.15, 0.2) is 18.3 Å².